The Kier molecular flexibility index (Phi) is 2.47. The van der Waals surface area contributed by atoms with Gasteiger partial charge in [-0.25, -0.2) is 0 Å². The molecule has 0 N–H and O–H groups in total. The van der Waals surface area contributed by atoms with Gasteiger partial charge in [-0.1, -0.05) is 24.3 Å². The second kappa shape index (κ2) is 2.70. The van der Waals surface area contributed by atoms with Gasteiger partial charge in [0.1, 0.15) is 0 Å². The molecule has 0 spiro atoms. The summed E-state index contributed by atoms with van der Waals surface area (Å²) in [5.74, 6) is 0. The molecule has 0 aliphatic heterocycles. The van der Waals surface area contributed by atoms with E-state index in [0.717, 1.165) is 0 Å². The van der Waals surface area contributed by atoms with Crippen LogP contribution in [0.1, 0.15) is 13.8 Å². The Morgan fingerprint density at radius 2 is 2.17 bits per heavy atom. The first kappa shape index (κ1) is 5.48. The fraction of sp³-hybridized carbons (Fsp3) is 0.333. The highest BCUT2D eigenvalue weighted by Crippen LogP contribution is 1.88. The van der Waals surface area contributed by atoms with E-state index in [-0.39, 0.29) is 0 Å². The summed E-state index contributed by atoms with van der Waals surface area (Å²) in [7, 11) is 0. The van der Waals surface area contributed by atoms with Crippen molar-refractivity contribution in [3.63, 3.8) is 0 Å². The van der Waals surface area contributed by atoms with Crippen LogP contribution in [-0.2, 0) is 0 Å². The maximum atomic E-state index is 3.56. The van der Waals surface area contributed by atoms with Crippen molar-refractivity contribution in [3.8, 4) is 0 Å². The SMILES string of the molecule is C=C/C(C)=C/C. The van der Waals surface area contributed by atoms with E-state index in [4.69, 9.17) is 0 Å². The predicted octanol–water partition coefficient (Wildman–Crippen LogP) is 2.14. The van der Waals surface area contributed by atoms with Crippen LogP contribution in [-0.4, -0.2) is 0 Å². The van der Waals surface area contributed by atoms with E-state index in [0.29, 0.717) is 0 Å². The van der Waals surface area contributed by atoms with Crippen LogP contribution in [0, 0.1) is 0 Å². The van der Waals surface area contributed by atoms with Gasteiger partial charge in [-0.05, 0) is 13.8 Å². The second-order valence-corrected chi connectivity index (χ2v) is 1.24. The number of rotatable bonds is 1. The highest BCUT2D eigenvalue weighted by atomic mass is 13.7. The zero-order valence-corrected chi connectivity index (χ0v) is 4.36. The molecule has 0 unspecified atom stereocenters. The highest BCUT2D eigenvalue weighted by Gasteiger charge is 1.66. The summed E-state index contributed by atoms with van der Waals surface area (Å²) in [5, 5.41) is 0. The largest absolute Gasteiger partial charge is 0.0988 e. The molecule has 34 valence electrons. The lowest BCUT2D eigenvalue weighted by atomic mass is 10.3. The normalized spacial score (nSPS) is 11.3. The fourth-order valence-corrected chi connectivity index (χ4v) is 0.118. The van der Waals surface area contributed by atoms with E-state index in [1.807, 2.05) is 26.0 Å². The minimum absolute atomic E-state index is 1.23. The molecule has 0 saturated heterocycles. The van der Waals surface area contributed by atoms with E-state index in [2.05, 4.69) is 6.58 Å². The molecule has 0 nitrogen and oxygen atoms in total. The van der Waals surface area contributed by atoms with Gasteiger partial charge in [-0.3, -0.25) is 0 Å². The minimum Gasteiger partial charge on any atom is -0.0988 e. The first-order valence-electron chi connectivity index (χ1n) is 2.06. The molecule has 0 rings (SSSR count). The lowest BCUT2D eigenvalue weighted by molar-refractivity contribution is 1.49. The van der Waals surface area contributed by atoms with E-state index in [1.165, 1.54) is 5.57 Å². The Morgan fingerprint density at radius 1 is 1.67 bits per heavy atom. The molecule has 0 heterocycles. The Labute approximate surface area is 39.2 Å². The van der Waals surface area contributed by atoms with Gasteiger partial charge < -0.3 is 0 Å². The van der Waals surface area contributed by atoms with Crippen LogP contribution in [0.25, 0.3) is 0 Å². The Hall–Kier alpha value is -0.520. The van der Waals surface area contributed by atoms with Crippen molar-refractivity contribution in [1.29, 1.82) is 0 Å². The summed E-state index contributed by atoms with van der Waals surface area (Å²) in [4.78, 5) is 0. The third kappa shape index (κ3) is 1.77. The van der Waals surface area contributed by atoms with Crippen LogP contribution in [0.4, 0.5) is 0 Å². The zero-order chi connectivity index (χ0) is 4.99. The molecule has 0 aromatic carbocycles. The van der Waals surface area contributed by atoms with Gasteiger partial charge in [0.25, 0.3) is 0 Å². The molecule has 0 heteroatoms. The van der Waals surface area contributed by atoms with Crippen molar-refractivity contribution in [3.05, 3.63) is 24.3 Å². The molecular formula is C6H10. The second-order valence-electron chi connectivity index (χ2n) is 1.24. The third-order valence-electron chi connectivity index (χ3n) is 0.777. The van der Waals surface area contributed by atoms with Crippen molar-refractivity contribution in [1.82, 2.24) is 0 Å². The Bertz CT molecular complexity index is 68.1. The van der Waals surface area contributed by atoms with Crippen LogP contribution < -0.4 is 0 Å². The van der Waals surface area contributed by atoms with Crippen molar-refractivity contribution < 1.29 is 0 Å². The standard InChI is InChI=1S/C6H10/c1-4-6(3)5-2/h4-5H,1H2,2-3H3/b6-5+. The van der Waals surface area contributed by atoms with E-state index in [1.54, 1.807) is 0 Å². The van der Waals surface area contributed by atoms with E-state index < -0.39 is 0 Å². The molecule has 6 heavy (non-hydrogen) atoms. The van der Waals surface area contributed by atoms with Gasteiger partial charge in [0.05, 0.1) is 0 Å². The number of allylic oxidation sites excluding steroid dienone is 3. The summed E-state index contributed by atoms with van der Waals surface area (Å²) in [6, 6.07) is 0. The van der Waals surface area contributed by atoms with Crippen molar-refractivity contribution in [2.24, 2.45) is 0 Å². The van der Waals surface area contributed by atoms with Gasteiger partial charge in [-0.15, -0.1) is 0 Å². The number of hydrogen-bond acceptors (Lipinski definition) is 0. The van der Waals surface area contributed by atoms with Gasteiger partial charge in [-0.2, -0.15) is 0 Å². The summed E-state index contributed by atoms with van der Waals surface area (Å²) in [6.45, 7) is 7.58. The van der Waals surface area contributed by atoms with Crippen LogP contribution >= 0.6 is 0 Å². The van der Waals surface area contributed by atoms with Gasteiger partial charge in [0.15, 0.2) is 0 Å². The lowest BCUT2D eigenvalue weighted by Gasteiger charge is -1.78. The molecule has 0 aromatic rings. The van der Waals surface area contributed by atoms with Crippen LogP contribution in [0.2, 0.25) is 0 Å². The average Bonchev–Trinajstić information content (AvgIpc) is 1.65. The molecule has 0 radical (unpaired) electrons. The first-order valence-corrected chi connectivity index (χ1v) is 2.06. The molecule has 0 aliphatic rings. The van der Waals surface area contributed by atoms with Crippen LogP contribution in [0.3, 0.4) is 0 Å². The van der Waals surface area contributed by atoms with Crippen molar-refractivity contribution >= 4 is 0 Å². The first-order chi connectivity index (χ1) is 2.81. The molecule has 0 bridgehead atoms. The average molecular weight is 82.1 g/mol. The molecule has 0 aliphatic carbocycles. The van der Waals surface area contributed by atoms with Crippen molar-refractivity contribution in [2.75, 3.05) is 0 Å². The van der Waals surface area contributed by atoms with Crippen LogP contribution in [0.15, 0.2) is 24.3 Å². The maximum Gasteiger partial charge on any atom is -0.0401 e. The van der Waals surface area contributed by atoms with E-state index >= 15 is 0 Å². The smallest absolute Gasteiger partial charge is 0.0401 e. The topological polar surface area (TPSA) is 0 Å². The Morgan fingerprint density at radius 3 is 2.17 bits per heavy atom. The predicted molar refractivity (Wildman–Crippen MR) is 29.6 cm³/mol. The maximum absolute atomic E-state index is 3.56. The van der Waals surface area contributed by atoms with Gasteiger partial charge >= 0.3 is 0 Å². The summed E-state index contributed by atoms with van der Waals surface area (Å²) in [6.07, 6.45) is 3.85. The van der Waals surface area contributed by atoms with E-state index in [9.17, 15) is 0 Å². The third-order valence-corrected chi connectivity index (χ3v) is 0.777. The molecule has 0 atom stereocenters. The highest BCUT2D eigenvalue weighted by molar-refractivity contribution is 5.10. The molecular weight excluding hydrogens is 72.1 g/mol. The zero-order valence-electron chi connectivity index (χ0n) is 4.36. The molecule has 0 fully saturated rings. The van der Waals surface area contributed by atoms with Crippen LogP contribution in [0.5, 0.6) is 0 Å². The molecule has 0 amide bonds. The minimum atomic E-state index is 1.23. The monoisotopic (exact) mass is 82.1 g/mol. The quantitative estimate of drug-likeness (QED) is 0.425. The summed E-state index contributed by atoms with van der Waals surface area (Å²) < 4.78 is 0. The molecule has 0 saturated carbocycles. The number of hydrogen-bond donors (Lipinski definition) is 0. The van der Waals surface area contributed by atoms with Gasteiger partial charge in [0.2, 0.25) is 0 Å². The Balaban J connectivity index is 3.50. The molecule has 0 aromatic heterocycles. The fourth-order valence-electron chi connectivity index (χ4n) is 0.118. The lowest BCUT2D eigenvalue weighted by Crippen LogP contribution is -1.57. The van der Waals surface area contributed by atoms with Gasteiger partial charge in [0, 0.05) is 0 Å². The van der Waals surface area contributed by atoms with Crippen molar-refractivity contribution in [2.45, 2.75) is 13.8 Å². The summed E-state index contributed by atoms with van der Waals surface area (Å²) in [5.41, 5.74) is 1.23. The summed E-state index contributed by atoms with van der Waals surface area (Å²) >= 11 is 0.